The van der Waals surface area contributed by atoms with E-state index in [0.717, 1.165) is 30.2 Å². The third-order valence-corrected chi connectivity index (χ3v) is 3.17. The molecule has 2 rings (SSSR count). The molecule has 0 atom stereocenters. The van der Waals surface area contributed by atoms with Gasteiger partial charge in [0.2, 0.25) is 5.95 Å². The SMILES string of the molecule is CCCCNc1cc(C)nc(Nc2cc(C)cc(C)c2)n1. The Labute approximate surface area is 127 Å². The molecule has 1 heterocycles. The predicted octanol–water partition coefficient (Wildman–Crippen LogP) is 4.36. The summed E-state index contributed by atoms with van der Waals surface area (Å²) in [6, 6.07) is 8.33. The van der Waals surface area contributed by atoms with Gasteiger partial charge in [0, 0.05) is 24.0 Å². The van der Waals surface area contributed by atoms with E-state index < -0.39 is 0 Å². The highest BCUT2D eigenvalue weighted by atomic mass is 15.1. The Bertz CT molecular complexity index is 587. The summed E-state index contributed by atoms with van der Waals surface area (Å²) in [5, 5.41) is 6.64. The van der Waals surface area contributed by atoms with Gasteiger partial charge in [0.1, 0.15) is 5.82 Å². The molecular weight excluding hydrogens is 260 g/mol. The van der Waals surface area contributed by atoms with Crippen molar-refractivity contribution in [1.29, 1.82) is 0 Å². The van der Waals surface area contributed by atoms with Crippen molar-refractivity contribution in [3.8, 4) is 0 Å². The molecule has 4 heteroatoms. The molecule has 0 radical (unpaired) electrons. The molecule has 2 aromatic rings. The number of hydrogen-bond acceptors (Lipinski definition) is 4. The van der Waals surface area contributed by atoms with Gasteiger partial charge in [-0.25, -0.2) is 4.98 Å². The number of nitrogens with one attached hydrogen (secondary N) is 2. The maximum Gasteiger partial charge on any atom is 0.229 e. The first-order chi connectivity index (χ1) is 10.1. The van der Waals surface area contributed by atoms with Crippen molar-refractivity contribution in [2.75, 3.05) is 17.2 Å². The zero-order valence-corrected chi connectivity index (χ0v) is 13.3. The summed E-state index contributed by atoms with van der Waals surface area (Å²) < 4.78 is 0. The quantitative estimate of drug-likeness (QED) is 0.774. The van der Waals surface area contributed by atoms with E-state index in [1.54, 1.807) is 0 Å². The molecule has 4 nitrogen and oxygen atoms in total. The van der Waals surface area contributed by atoms with Crippen LogP contribution in [-0.2, 0) is 0 Å². The molecule has 1 aromatic carbocycles. The summed E-state index contributed by atoms with van der Waals surface area (Å²) in [4.78, 5) is 8.98. The van der Waals surface area contributed by atoms with Crippen molar-refractivity contribution >= 4 is 17.5 Å². The second kappa shape index (κ2) is 7.07. The molecule has 1 aromatic heterocycles. The molecule has 0 spiro atoms. The van der Waals surface area contributed by atoms with E-state index in [-0.39, 0.29) is 0 Å². The number of hydrogen-bond donors (Lipinski definition) is 2. The van der Waals surface area contributed by atoms with Gasteiger partial charge in [-0.3, -0.25) is 0 Å². The van der Waals surface area contributed by atoms with E-state index in [4.69, 9.17) is 0 Å². The number of benzene rings is 1. The molecule has 21 heavy (non-hydrogen) atoms. The van der Waals surface area contributed by atoms with E-state index in [9.17, 15) is 0 Å². The molecule has 0 saturated heterocycles. The largest absolute Gasteiger partial charge is 0.370 e. The highest BCUT2D eigenvalue weighted by Gasteiger charge is 2.03. The minimum absolute atomic E-state index is 0.638. The Morgan fingerprint density at radius 2 is 1.67 bits per heavy atom. The zero-order valence-electron chi connectivity index (χ0n) is 13.3. The summed E-state index contributed by atoms with van der Waals surface area (Å²) in [6.07, 6.45) is 2.31. The Kier molecular flexibility index (Phi) is 5.14. The Morgan fingerprint density at radius 1 is 0.952 bits per heavy atom. The molecule has 0 bridgehead atoms. The maximum atomic E-state index is 4.53. The van der Waals surface area contributed by atoms with Crippen molar-refractivity contribution < 1.29 is 0 Å². The lowest BCUT2D eigenvalue weighted by molar-refractivity contribution is 0.830. The summed E-state index contributed by atoms with van der Waals surface area (Å²) in [7, 11) is 0. The van der Waals surface area contributed by atoms with Crippen molar-refractivity contribution in [2.24, 2.45) is 0 Å². The van der Waals surface area contributed by atoms with Gasteiger partial charge in [-0.05, 0) is 50.5 Å². The van der Waals surface area contributed by atoms with Gasteiger partial charge in [0.25, 0.3) is 0 Å². The molecule has 112 valence electrons. The second-order valence-corrected chi connectivity index (χ2v) is 5.50. The van der Waals surface area contributed by atoms with Gasteiger partial charge >= 0.3 is 0 Å². The third-order valence-electron chi connectivity index (χ3n) is 3.17. The summed E-state index contributed by atoms with van der Waals surface area (Å²) in [5.41, 5.74) is 4.44. The molecule has 0 aliphatic heterocycles. The van der Waals surface area contributed by atoms with Crippen LogP contribution >= 0.6 is 0 Å². The number of aromatic nitrogens is 2. The molecule has 2 N–H and O–H groups in total. The van der Waals surface area contributed by atoms with Gasteiger partial charge in [-0.15, -0.1) is 0 Å². The molecule has 0 amide bonds. The fourth-order valence-corrected chi connectivity index (χ4v) is 2.28. The fourth-order valence-electron chi connectivity index (χ4n) is 2.28. The highest BCUT2D eigenvalue weighted by molar-refractivity contribution is 5.57. The Balaban J connectivity index is 2.15. The van der Waals surface area contributed by atoms with Crippen LogP contribution in [0.2, 0.25) is 0 Å². The third kappa shape index (κ3) is 4.74. The lowest BCUT2D eigenvalue weighted by Gasteiger charge is -2.10. The van der Waals surface area contributed by atoms with Gasteiger partial charge < -0.3 is 10.6 Å². The number of rotatable bonds is 6. The van der Waals surface area contributed by atoms with Crippen LogP contribution in [0.5, 0.6) is 0 Å². The summed E-state index contributed by atoms with van der Waals surface area (Å²) >= 11 is 0. The van der Waals surface area contributed by atoms with Gasteiger partial charge in [-0.1, -0.05) is 19.4 Å². The lowest BCUT2D eigenvalue weighted by Crippen LogP contribution is -2.06. The van der Waals surface area contributed by atoms with Crippen LogP contribution in [0.15, 0.2) is 24.3 Å². The lowest BCUT2D eigenvalue weighted by atomic mass is 10.1. The van der Waals surface area contributed by atoms with Crippen LogP contribution in [0.3, 0.4) is 0 Å². The topological polar surface area (TPSA) is 49.8 Å². The van der Waals surface area contributed by atoms with Crippen LogP contribution < -0.4 is 10.6 Å². The van der Waals surface area contributed by atoms with Crippen LogP contribution in [0.1, 0.15) is 36.6 Å². The van der Waals surface area contributed by atoms with E-state index in [1.165, 1.54) is 17.5 Å². The number of anilines is 3. The van der Waals surface area contributed by atoms with Crippen LogP contribution in [0.25, 0.3) is 0 Å². The van der Waals surface area contributed by atoms with E-state index in [1.807, 2.05) is 13.0 Å². The monoisotopic (exact) mass is 284 g/mol. The molecule has 0 saturated carbocycles. The van der Waals surface area contributed by atoms with Crippen LogP contribution in [0, 0.1) is 20.8 Å². The Hall–Kier alpha value is -2.10. The van der Waals surface area contributed by atoms with Crippen LogP contribution in [0.4, 0.5) is 17.5 Å². The fraction of sp³-hybridized carbons (Fsp3) is 0.412. The van der Waals surface area contributed by atoms with Crippen molar-refractivity contribution in [1.82, 2.24) is 9.97 Å². The van der Waals surface area contributed by atoms with Crippen molar-refractivity contribution in [3.05, 3.63) is 41.1 Å². The molecule has 0 aliphatic carbocycles. The number of nitrogens with zero attached hydrogens (tertiary/aromatic N) is 2. The summed E-state index contributed by atoms with van der Waals surface area (Å²) in [5.74, 6) is 1.52. The minimum Gasteiger partial charge on any atom is -0.370 e. The Morgan fingerprint density at radius 3 is 2.33 bits per heavy atom. The first-order valence-corrected chi connectivity index (χ1v) is 7.51. The zero-order chi connectivity index (χ0) is 15.2. The normalized spacial score (nSPS) is 10.5. The number of unbranched alkanes of at least 4 members (excludes halogenated alkanes) is 1. The van der Waals surface area contributed by atoms with E-state index >= 15 is 0 Å². The van der Waals surface area contributed by atoms with E-state index in [0.29, 0.717) is 5.95 Å². The standard InChI is InChI=1S/C17H24N4/c1-5-6-7-18-16-11-14(4)19-17(21-16)20-15-9-12(2)8-13(3)10-15/h8-11H,5-7H2,1-4H3,(H2,18,19,20,21). The highest BCUT2D eigenvalue weighted by Crippen LogP contribution is 2.18. The predicted molar refractivity (Wildman–Crippen MR) is 89.4 cm³/mol. The molecular formula is C17H24N4. The van der Waals surface area contributed by atoms with Crippen LogP contribution in [-0.4, -0.2) is 16.5 Å². The summed E-state index contributed by atoms with van der Waals surface area (Å²) in [6.45, 7) is 9.29. The molecule has 0 aliphatic rings. The van der Waals surface area contributed by atoms with Crippen molar-refractivity contribution in [2.45, 2.75) is 40.5 Å². The molecule has 0 unspecified atom stereocenters. The average Bonchev–Trinajstić information content (AvgIpc) is 2.37. The minimum atomic E-state index is 0.638. The van der Waals surface area contributed by atoms with Gasteiger partial charge in [0.05, 0.1) is 0 Å². The first kappa shape index (κ1) is 15.3. The van der Waals surface area contributed by atoms with E-state index in [2.05, 4.69) is 59.6 Å². The maximum absolute atomic E-state index is 4.53. The smallest absolute Gasteiger partial charge is 0.229 e. The average molecular weight is 284 g/mol. The van der Waals surface area contributed by atoms with Crippen molar-refractivity contribution in [3.63, 3.8) is 0 Å². The van der Waals surface area contributed by atoms with Gasteiger partial charge in [0.15, 0.2) is 0 Å². The first-order valence-electron chi connectivity index (χ1n) is 7.51. The number of aryl methyl sites for hydroxylation is 3. The molecule has 0 fully saturated rings. The second-order valence-electron chi connectivity index (χ2n) is 5.50. The van der Waals surface area contributed by atoms with Gasteiger partial charge in [-0.2, -0.15) is 4.98 Å².